The normalized spacial score (nSPS) is 13.9. The van der Waals surface area contributed by atoms with Crippen molar-refractivity contribution >= 4 is 11.9 Å². The summed E-state index contributed by atoms with van der Waals surface area (Å²) in [5.74, 6) is -0.681. The molecule has 0 aliphatic rings. The van der Waals surface area contributed by atoms with Crippen molar-refractivity contribution < 1.29 is 24.2 Å². The van der Waals surface area contributed by atoms with Crippen LogP contribution in [0.3, 0.4) is 0 Å². The monoisotopic (exact) mass is 1090 g/mol. The Bertz CT molecular complexity index is 2010. The zero-order valence-electron chi connectivity index (χ0n) is 50.2. The van der Waals surface area contributed by atoms with Crippen LogP contribution in [-0.4, -0.2) is 36.4 Å². The van der Waals surface area contributed by atoms with E-state index in [1.807, 2.05) is 0 Å². The second kappa shape index (κ2) is 67.2. The van der Waals surface area contributed by atoms with Crippen LogP contribution in [0.15, 0.2) is 231 Å². The standard InChI is InChI=1S/C75H110O5/c1-3-5-7-9-11-13-15-17-19-21-23-25-27-29-31-33-34-35-36-37-38-39-40-42-44-46-48-50-52-54-56-58-60-62-64-66-68-70-75(78)80-73(71-76)72-79-74(77)69-67-65-63-61-59-57-55-53-51-49-47-45-43-41-32-30-28-26-24-22-20-18-16-14-12-10-8-6-4-2/h5-8,11-14,17-20,23-26,29-32,34-35,37-38,40,42-43,45-46,48-49,51-52,54-55,57-58,60,73,76H,3-4,9-10,15-16,21-22,27-28,33,36,39,41,44,47,50,53,56,59,61-72H2,1-2H3/b7-5-,8-6-,13-11-,14-12-,19-17-,20-18-,25-23-,26-24-,31-29-,32-30-,35-34-,38-37-,42-40-,45-43-,48-46-,51-49-,54-52-,57-55-,60-58-. The molecule has 1 N–H and O–H groups in total. The van der Waals surface area contributed by atoms with Crippen LogP contribution in [-0.2, 0) is 19.1 Å². The van der Waals surface area contributed by atoms with Gasteiger partial charge in [0.25, 0.3) is 0 Å². The fraction of sp³-hybridized carbons (Fsp3) is 0.467. The van der Waals surface area contributed by atoms with Gasteiger partial charge in [-0.3, -0.25) is 9.59 Å². The number of ether oxygens (including phenoxy) is 2. The van der Waals surface area contributed by atoms with Crippen LogP contribution in [0.2, 0.25) is 0 Å². The van der Waals surface area contributed by atoms with Crippen molar-refractivity contribution in [2.24, 2.45) is 0 Å². The number of allylic oxidation sites excluding steroid dienone is 38. The lowest BCUT2D eigenvalue weighted by Crippen LogP contribution is -2.28. The predicted octanol–water partition coefficient (Wildman–Crippen LogP) is 21.7. The molecule has 0 radical (unpaired) electrons. The van der Waals surface area contributed by atoms with Crippen molar-refractivity contribution in [1.29, 1.82) is 0 Å². The molecule has 0 aromatic heterocycles. The van der Waals surface area contributed by atoms with Crippen molar-refractivity contribution in [3.05, 3.63) is 231 Å². The molecule has 440 valence electrons. The van der Waals surface area contributed by atoms with Crippen LogP contribution in [0.25, 0.3) is 0 Å². The Morgan fingerprint density at radius 3 is 0.750 bits per heavy atom. The van der Waals surface area contributed by atoms with Gasteiger partial charge < -0.3 is 14.6 Å². The third-order valence-corrected chi connectivity index (χ3v) is 12.0. The number of carbonyl (C=O) groups is 2. The van der Waals surface area contributed by atoms with Crippen molar-refractivity contribution in [3.8, 4) is 0 Å². The van der Waals surface area contributed by atoms with Crippen molar-refractivity contribution in [1.82, 2.24) is 0 Å². The Hall–Kier alpha value is -6.04. The highest BCUT2D eigenvalue weighted by Crippen LogP contribution is 2.10. The number of rotatable bonds is 53. The minimum atomic E-state index is -0.822. The van der Waals surface area contributed by atoms with Gasteiger partial charge in [0.1, 0.15) is 6.61 Å². The van der Waals surface area contributed by atoms with Crippen molar-refractivity contribution in [3.63, 3.8) is 0 Å². The van der Waals surface area contributed by atoms with Gasteiger partial charge in [0.2, 0.25) is 0 Å². The topological polar surface area (TPSA) is 72.8 Å². The van der Waals surface area contributed by atoms with Crippen LogP contribution in [0, 0.1) is 0 Å². The summed E-state index contributed by atoms with van der Waals surface area (Å²) in [6.45, 7) is 3.84. The molecule has 1 atom stereocenters. The lowest BCUT2D eigenvalue weighted by molar-refractivity contribution is -0.161. The van der Waals surface area contributed by atoms with Gasteiger partial charge in [0.15, 0.2) is 6.10 Å². The molecular formula is C75H110O5. The summed E-state index contributed by atoms with van der Waals surface area (Å²) in [5, 5.41) is 9.67. The SMILES string of the molecule is CC/C=C\C/C=C\C/C=C\C/C=C\C/C=C\C/C=C\C/C=C\C/C=C\C/C=C\C/C=C\C/C=C\CCCCCC(=O)OC(CO)COC(=O)CCCCCC/C=C\C/C=C\C/C=C\C/C=C\C/C=C\C/C=C\C/C=C\C/C=C\CC. The van der Waals surface area contributed by atoms with Crippen LogP contribution in [0.5, 0.6) is 0 Å². The Morgan fingerprint density at radius 2 is 0.500 bits per heavy atom. The number of esters is 2. The van der Waals surface area contributed by atoms with Crippen molar-refractivity contribution in [2.45, 2.75) is 213 Å². The molecule has 0 saturated heterocycles. The zero-order valence-corrected chi connectivity index (χ0v) is 50.2. The average Bonchev–Trinajstić information content (AvgIpc) is 3.46. The summed E-state index contributed by atoms with van der Waals surface area (Å²) in [6, 6.07) is 0. The lowest BCUT2D eigenvalue weighted by atomic mass is 10.1. The molecule has 0 aliphatic carbocycles. The van der Waals surface area contributed by atoms with Gasteiger partial charge in [0, 0.05) is 12.8 Å². The van der Waals surface area contributed by atoms with Crippen LogP contribution < -0.4 is 0 Å². The molecular weight excluding hydrogens is 981 g/mol. The molecule has 0 aliphatic heterocycles. The zero-order chi connectivity index (χ0) is 57.6. The summed E-state index contributed by atoms with van der Waals surface area (Å²) >= 11 is 0. The van der Waals surface area contributed by atoms with Gasteiger partial charge in [-0.15, -0.1) is 0 Å². The second-order valence-corrected chi connectivity index (χ2v) is 19.3. The molecule has 0 heterocycles. The van der Waals surface area contributed by atoms with E-state index in [2.05, 4.69) is 245 Å². The van der Waals surface area contributed by atoms with Crippen molar-refractivity contribution in [2.75, 3.05) is 13.2 Å². The first-order valence-electron chi connectivity index (χ1n) is 30.9. The molecule has 0 fully saturated rings. The summed E-state index contributed by atoms with van der Waals surface area (Å²) in [4.78, 5) is 24.6. The number of hydrogen-bond donors (Lipinski definition) is 1. The second-order valence-electron chi connectivity index (χ2n) is 19.3. The number of aliphatic hydroxyl groups excluding tert-OH is 1. The molecule has 0 bridgehead atoms. The van der Waals surface area contributed by atoms with E-state index in [-0.39, 0.29) is 25.2 Å². The van der Waals surface area contributed by atoms with E-state index >= 15 is 0 Å². The molecule has 0 aromatic rings. The molecule has 0 spiro atoms. The maximum atomic E-state index is 12.3. The molecule has 1 unspecified atom stereocenters. The molecule has 80 heavy (non-hydrogen) atoms. The molecule has 0 saturated carbocycles. The Morgan fingerprint density at radius 1 is 0.287 bits per heavy atom. The van der Waals surface area contributed by atoms with E-state index in [9.17, 15) is 14.7 Å². The third kappa shape index (κ3) is 64.5. The fourth-order valence-electron chi connectivity index (χ4n) is 7.40. The summed E-state index contributed by atoms with van der Waals surface area (Å²) < 4.78 is 10.7. The number of aliphatic hydroxyl groups is 1. The van der Waals surface area contributed by atoms with E-state index in [0.717, 1.165) is 180 Å². The first-order valence-corrected chi connectivity index (χ1v) is 30.9. The van der Waals surface area contributed by atoms with Crippen LogP contribution >= 0.6 is 0 Å². The first-order chi connectivity index (χ1) is 39.6. The molecule has 0 rings (SSSR count). The minimum Gasteiger partial charge on any atom is -0.462 e. The first kappa shape index (κ1) is 74.0. The smallest absolute Gasteiger partial charge is 0.306 e. The lowest BCUT2D eigenvalue weighted by Gasteiger charge is -2.15. The molecule has 0 aromatic carbocycles. The molecule has 5 heteroatoms. The van der Waals surface area contributed by atoms with Crippen LogP contribution in [0.4, 0.5) is 0 Å². The number of unbranched alkanes of at least 4 members (excludes halogenated alkanes) is 7. The van der Waals surface area contributed by atoms with Gasteiger partial charge in [-0.05, 0) is 161 Å². The maximum absolute atomic E-state index is 12.3. The van der Waals surface area contributed by atoms with E-state index in [1.54, 1.807) is 0 Å². The predicted molar refractivity (Wildman–Crippen MR) is 351 cm³/mol. The van der Waals surface area contributed by atoms with Gasteiger partial charge in [-0.2, -0.15) is 0 Å². The average molecular weight is 1090 g/mol. The third-order valence-electron chi connectivity index (χ3n) is 12.0. The largest absolute Gasteiger partial charge is 0.462 e. The van der Waals surface area contributed by atoms with Gasteiger partial charge >= 0.3 is 11.9 Å². The van der Waals surface area contributed by atoms with E-state index in [1.165, 1.54) is 0 Å². The van der Waals surface area contributed by atoms with E-state index < -0.39 is 6.10 Å². The van der Waals surface area contributed by atoms with E-state index in [0.29, 0.717) is 12.8 Å². The highest BCUT2D eigenvalue weighted by atomic mass is 16.6. The quantitative estimate of drug-likeness (QED) is 0.0373. The Labute approximate surface area is 490 Å². The number of hydrogen-bond acceptors (Lipinski definition) is 5. The number of carbonyl (C=O) groups excluding carboxylic acids is 2. The molecule has 0 amide bonds. The summed E-state index contributed by atoms with van der Waals surface area (Å²) in [5.41, 5.74) is 0. The van der Waals surface area contributed by atoms with E-state index in [4.69, 9.17) is 9.47 Å². The highest BCUT2D eigenvalue weighted by Gasteiger charge is 2.16. The fourth-order valence-corrected chi connectivity index (χ4v) is 7.40. The Kier molecular flexibility index (Phi) is 62.2. The van der Waals surface area contributed by atoms with Gasteiger partial charge in [0.05, 0.1) is 6.61 Å². The van der Waals surface area contributed by atoms with Gasteiger partial charge in [-0.1, -0.05) is 264 Å². The summed E-state index contributed by atoms with van der Waals surface area (Å²) in [6.07, 6.45) is 112. The maximum Gasteiger partial charge on any atom is 0.306 e. The Balaban J connectivity index is 3.74. The summed E-state index contributed by atoms with van der Waals surface area (Å²) in [7, 11) is 0. The highest BCUT2D eigenvalue weighted by molar-refractivity contribution is 5.70. The van der Waals surface area contributed by atoms with Gasteiger partial charge in [-0.25, -0.2) is 0 Å². The molecule has 5 nitrogen and oxygen atoms in total. The minimum absolute atomic E-state index is 0.111. The van der Waals surface area contributed by atoms with Crippen LogP contribution in [0.1, 0.15) is 206 Å².